The van der Waals surface area contributed by atoms with Crippen molar-refractivity contribution in [2.24, 2.45) is 0 Å². The fourth-order valence-electron chi connectivity index (χ4n) is 2.78. The first-order valence-electron chi connectivity index (χ1n) is 7.52. The average Bonchev–Trinajstić information content (AvgIpc) is 2.85. The Hall–Kier alpha value is -2.88. The summed E-state index contributed by atoms with van der Waals surface area (Å²) in [4.78, 5) is 26.0. The lowest BCUT2D eigenvalue weighted by Gasteiger charge is -2.13. The Kier molecular flexibility index (Phi) is 3.98. The molecule has 0 spiro atoms. The summed E-state index contributed by atoms with van der Waals surface area (Å²) in [6, 6.07) is 16.8. The molecule has 0 bridgehead atoms. The second-order valence-corrected chi connectivity index (χ2v) is 5.18. The number of benzene rings is 2. The van der Waals surface area contributed by atoms with Crippen molar-refractivity contribution < 1.29 is 14.3 Å². The lowest BCUT2D eigenvalue weighted by Crippen LogP contribution is -2.31. The zero-order chi connectivity index (χ0) is 16.4. The van der Waals surface area contributed by atoms with Crippen LogP contribution in [0.25, 0.3) is 11.3 Å². The highest BCUT2D eigenvalue weighted by Gasteiger charge is 2.37. The van der Waals surface area contributed by atoms with Crippen molar-refractivity contribution in [2.75, 3.05) is 11.5 Å². The van der Waals surface area contributed by atoms with Crippen molar-refractivity contribution in [3.63, 3.8) is 0 Å². The molecule has 4 nitrogen and oxygen atoms in total. The summed E-state index contributed by atoms with van der Waals surface area (Å²) in [7, 11) is 0. The van der Waals surface area contributed by atoms with Crippen LogP contribution >= 0.6 is 0 Å². The molecule has 116 valence electrons. The Morgan fingerprint density at radius 1 is 1.04 bits per heavy atom. The third kappa shape index (κ3) is 2.52. The molecular formula is C19H17NO3. The van der Waals surface area contributed by atoms with E-state index in [1.807, 2.05) is 55.5 Å². The van der Waals surface area contributed by atoms with Crippen LogP contribution in [0.2, 0.25) is 0 Å². The Balaban J connectivity index is 2.27. The fraction of sp³-hybridized carbons (Fsp3) is 0.158. The van der Waals surface area contributed by atoms with Crippen molar-refractivity contribution in [1.82, 2.24) is 0 Å². The molecule has 0 fully saturated rings. The van der Waals surface area contributed by atoms with Gasteiger partial charge in [-0.3, -0.25) is 9.59 Å². The van der Waals surface area contributed by atoms with Crippen LogP contribution in [-0.4, -0.2) is 18.4 Å². The summed E-state index contributed by atoms with van der Waals surface area (Å²) >= 11 is 0. The lowest BCUT2D eigenvalue weighted by molar-refractivity contribution is -0.122. The first-order valence-corrected chi connectivity index (χ1v) is 7.52. The summed E-state index contributed by atoms with van der Waals surface area (Å²) < 4.78 is 5.79. The normalized spacial score (nSPS) is 15.4. The number of anilines is 1. The van der Waals surface area contributed by atoms with Gasteiger partial charge in [-0.25, -0.2) is 4.90 Å². The van der Waals surface area contributed by atoms with Gasteiger partial charge in [-0.2, -0.15) is 0 Å². The van der Waals surface area contributed by atoms with Crippen LogP contribution in [0.3, 0.4) is 0 Å². The second kappa shape index (κ2) is 6.08. The summed E-state index contributed by atoms with van der Waals surface area (Å²) in [5.41, 5.74) is 2.58. The van der Waals surface area contributed by atoms with Gasteiger partial charge >= 0.3 is 0 Å². The van der Waals surface area contributed by atoms with Gasteiger partial charge in [0, 0.05) is 18.1 Å². The first-order chi connectivity index (χ1) is 11.1. The van der Waals surface area contributed by atoms with Crippen LogP contribution in [0.1, 0.15) is 25.0 Å². The van der Waals surface area contributed by atoms with E-state index in [1.165, 1.54) is 11.8 Å². The molecule has 0 saturated carbocycles. The van der Waals surface area contributed by atoms with Gasteiger partial charge in [-0.05, 0) is 13.0 Å². The zero-order valence-corrected chi connectivity index (χ0v) is 13.1. The van der Waals surface area contributed by atoms with E-state index in [0.29, 0.717) is 23.6 Å². The molecule has 0 aliphatic carbocycles. The second-order valence-electron chi connectivity index (χ2n) is 5.18. The van der Waals surface area contributed by atoms with E-state index in [-0.39, 0.29) is 11.8 Å². The maximum Gasteiger partial charge on any atom is 0.269 e. The topological polar surface area (TPSA) is 46.6 Å². The van der Waals surface area contributed by atoms with Gasteiger partial charge < -0.3 is 4.74 Å². The summed E-state index contributed by atoms with van der Waals surface area (Å²) in [6.45, 7) is 3.70. The molecule has 4 heteroatoms. The third-order valence-electron chi connectivity index (χ3n) is 3.70. The van der Waals surface area contributed by atoms with E-state index in [4.69, 9.17) is 4.74 Å². The lowest BCUT2D eigenvalue weighted by atomic mass is 10.0. The Bertz CT molecular complexity index is 793. The predicted molar refractivity (Wildman–Crippen MR) is 89.5 cm³/mol. The molecule has 0 N–H and O–H groups in total. The van der Waals surface area contributed by atoms with E-state index in [2.05, 4.69) is 0 Å². The molecule has 0 unspecified atom stereocenters. The van der Waals surface area contributed by atoms with Gasteiger partial charge in [0.15, 0.2) is 0 Å². The molecule has 1 aliphatic rings. The van der Waals surface area contributed by atoms with Crippen LogP contribution in [0, 0.1) is 0 Å². The number of para-hydroxylation sites is 1. The van der Waals surface area contributed by atoms with Crippen molar-refractivity contribution in [3.8, 4) is 0 Å². The number of rotatable bonds is 3. The van der Waals surface area contributed by atoms with E-state index in [0.717, 1.165) is 11.1 Å². The van der Waals surface area contributed by atoms with E-state index in [1.54, 1.807) is 6.07 Å². The average molecular weight is 307 g/mol. The van der Waals surface area contributed by atoms with Crippen molar-refractivity contribution in [2.45, 2.75) is 13.8 Å². The zero-order valence-electron chi connectivity index (χ0n) is 13.1. The van der Waals surface area contributed by atoms with Crippen LogP contribution < -0.4 is 4.90 Å². The number of ether oxygens (including phenoxy) is 1. The molecule has 0 radical (unpaired) electrons. The molecule has 0 atom stereocenters. The number of carbonyl (C=O) groups excluding carboxylic acids is 2. The third-order valence-corrected chi connectivity index (χ3v) is 3.70. The summed E-state index contributed by atoms with van der Waals surface area (Å²) in [6.07, 6.45) is 0. The number of imide groups is 1. The number of hydrogen-bond acceptors (Lipinski definition) is 3. The molecule has 2 aromatic carbocycles. The van der Waals surface area contributed by atoms with E-state index in [9.17, 15) is 9.59 Å². The molecule has 23 heavy (non-hydrogen) atoms. The van der Waals surface area contributed by atoms with Crippen molar-refractivity contribution in [1.29, 1.82) is 0 Å². The predicted octanol–water partition coefficient (Wildman–Crippen LogP) is 3.48. The van der Waals surface area contributed by atoms with Gasteiger partial charge in [-0.1, -0.05) is 48.5 Å². The minimum Gasteiger partial charge on any atom is -0.492 e. The van der Waals surface area contributed by atoms with Gasteiger partial charge in [0.1, 0.15) is 5.76 Å². The van der Waals surface area contributed by atoms with Gasteiger partial charge in [0.05, 0.1) is 17.9 Å². The van der Waals surface area contributed by atoms with E-state index >= 15 is 0 Å². The van der Waals surface area contributed by atoms with Gasteiger partial charge in [0.25, 0.3) is 5.91 Å². The van der Waals surface area contributed by atoms with Crippen LogP contribution in [0.4, 0.5) is 5.69 Å². The highest BCUT2D eigenvalue weighted by molar-refractivity contribution is 6.42. The maximum atomic E-state index is 12.9. The number of fused-ring (bicyclic) bond motifs is 1. The maximum absolute atomic E-state index is 12.9. The molecule has 0 saturated heterocycles. The number of hydrogen-bond donors (Lipinski definition) is 0. The largest absolute Gasteiger partial charge is 0.492 e. The number of amides is 2. The Morgan fingerprint density at radius 2 is 1.70 bits per heavy atom. The smallest absolute Gasteiger partial charge is 0.269 e. The highest BCUT2D eigenvalue weighted by atomic mass is 16.5. The first kappa shape index (κ1) is 15.0. The fourth-order valence-corrected chi connectivity index (χ4v) is 2.78. The molecular weight excluding hydrogens is 290 g/mol. The Labute approximate surface area is 135 Å². The standard InChI is InChI=1S/C19H17NO3/c1-3-23-18(14-9-5-4-6-10-14)17-15-11-7-8-12-16(15)20(13(2)21)19(17)22/h4-12H,3H2,1-2H3/b18-17+. The molecule has 2 amide bonds. The summed E-state index contributed by atoms with van der Waals surface area (Å²) in [5.74, 6) is -0.137. The van der Waals surface area contributed by atoms with Crippen LogP contribution in [0.15, 0.2) is 54.6 Å². The highest BCUT2D eigenvalue weighted by Crippen LogP contribution is 2.41. The van der Waals surface area contributed by atoms with Gasteiger partial charge in [-0.15, -0.1) is 0 Å². The monoisotopic (exact) mass is 307 g/mol. The van der Waals surface area contributed by atoms with Crippen molar-refractivity contribution in [3.05, 3.63) is 65.7 Å². The van der Waals surface area contributed by atoms with Gasteiger partial charge in [0.2, 0.25) is 5.91 Å². The molecule has 1 heterocycles. The molecule has 0 aromatic heterocycles. The van der Waals surface area contributed by atoms with Crippen LogP contribution in [-0.2, 0) is 14.3 Å². The van der Waals surface area contributed by atoms with Crippen LogP contribution in [0.5, 0.6) is 0 Å². The molecule has 3 rings (SSSR count). The van der Waals surface area contributed by atoms with Crippen molar-refractivity contribution >= 4 is 28.8 Å². The SMILES string of the molecule is CCO/C(=C1/C(=O)N(C(C)=O)c2ccccc21)c1ccccc1. The minimum absolute atomic E-state index is 0.304. The quantitative estimate of drug-likeness (QED) is 0.644. The number of nitrogens with zero attached hydrogens (tertiary/aromatic N) is 1. The minimum atomic E-state index is -0.342. The van der Waals surface area contributed by atoms with E-state index < -0.39 is 0 Å². The molecule has 1 aliphatic heterocycles. The molecule has 2 aromatic rings. The Morgan fingerprint density at radius 3 is 2.35 bits per heavy atom. The summed E-state index contributed by atoms with van der Waals surface area (Å²) in [5, 5.41) is 0. The number of carbonyl (C=O) groups is 2.